The number of rotatable bonds is 2. The number of nitrogens with zero attached hydrogens (tertiary/aromatic N) is 1. The molecule has 0 atom stereocenters. The molecule has 0 radical (unpaired) electrons. The van der Waals surface area contributed by atoms with E-state index in [9.17, 15) is 0 Å². The van der Waals surface area contributed by atoms with Crippen LogP contribution in [0.25, 0.3) is 11.0 Å². The second kappa shape index (κ2) is 4.14. The molecule has 3 aromatic rings. The van der Waals surface area contributed by atoms with E-state index in [4.69, 9.17) is 5.73 Å². The highest BCUT2D eigenvalue weighted by Gasteiger charge is 2.06. The lowest BCUT2D eigenvalue weighted by Gasteiger charge is -2.01. The number of nitrogens with two attached hydrogens (primary N) is 1. The zero-order valence-corrected chi connectivity index (χ0v) is 9.87. The molecule has 0 saturated carbocycles. The van der Waals surface area contributed by atoms with E-state index < -0.39 is 0 Å². The lowest BCUT2D eigenvalue weighted by atomic mass is 10.3. The third-order valence-electron chi connectivity index (χ3n) is 2.47. The number of hydrogen-bond donors (Lipinski definition) is 2. The van der Waals surface area contributed by atoms with Crippen LogP contribution in [0.3, 0.4) is 0 Å². The Bertz CT molecular complexity index is 646. The van der Waals surface area contributed by atoms with Gasteiger partial charge in [0.15, 0.2) is 5.95 Å². The fourth-order valence-corrected chi connectivity index (χ4v) is 2.67. The number of fused-ring (bicyclic) bond motifs is 1. The Kier molecular flexibility index (Phi) is 2.49. The number of imidazole rings is 1. The van der Waals surface area contributed by atoms with Gasteiger partial charge in [0.25, 0.3) is 0 Å². The Balaban J connectivity index is 2.06. The van der Waals surface area contributed by atoms with Gasteiger partial charge in [-0.1, -0.05) is 36.0 Å². The van der Waals surface area contributed by atoms with Crippen LogP contribution in [0.5, 0.6) is 0 Å². The van der Waals surface area contributed by atoms with Gasteiger partial charge in [0.05, 0.1) is 5.52 Å². The number of aromatic amines is 1. The van der Waals surface area contributed by atoms with Crippen LogP contribution in [0, 0.1) is 0 Å². The summed E-state index contributed by atoms with van der Waals surface area (Å²) < 4.78 is 0. The first-order chi connectivity index (χ1) is 8.33. The third-order valence-corrected chi connectivity index (χ3v) is 3.52. The van der Waals surface area contributed by atoms with Gasteiger partial charge in [-0.15, -0.1) is 0 Å². The Morgan fingerprint density at radius 1 is 1.00 bits per heavy atom. The van der Waals surface area contributed by atoms with Crippen molar-refractivity contribution in [3.63, 3.8) is 0 Å². The number of anilines is 1. The minimum atomic E-state index is 0.459. The van der Waals surface area contributed by atoms with Crippen molar-refractivity contribution in [2.24, 2.45) is 0 Å². The molecule has 0 aliphatic heterocycles. The molecule has 3 nitrogen and oxygen atoms in total. The minimum absolute atomic E-state index is 0.459. The summed E-state index contributed by atoms with van der Waals surface area (Å²) in [6.07, 6.45) is 0. The van der Waals surface area contributed by atoms with Crippen LogP contribution >= 0.6 is 11.8 Å². The SMILES string of the molecule is Nc1nc2c(Sc3ccccc3)cccc2[nH]1. The summed E-state index contributed by atoms with van der Waals surface area (Å²) in [4.78, 5) is 9.66. The molecule has 4 heteroatoms. The number of nitrogen functional groups attached to an aromatic ring is 1. The van der Waals surface area contributed by atoms with Crippen molar-refractivity contribution < 1.29 is 0 Å². The molecule has 0 spiro atoms. The predicted molar refractivity (Wildman–Crippen MR) is 71.1 cm³/mol. The number of para-hydroxylation sites is 1. The first kappa shape index (κ1) is 10.2. The van der Waals surface area contributed by atoms with E-state index in [-0.39, 0.29) is 0 Å². The second-order valence-electron chi connectivity index (χ2n) is 3.69. The highest BCUT2D eigenvalue weighted by molar-refractivity contribution is 7.99. The van der Waals surface area contributed by atoms with Crippen LogP contribution in [0.15, 0.2) is 58.3 Å². The molecule has 1 aromatic heterocycles. The van der Waals surface area contributed by atoms with E-state index in [0.717, 1.165) is 15.9 Å². The van der Waals surface area contributed by atoms with Crippen molar-refractivity contribution in [2.45, 2.75) is 9.79 Å². The highest BCUT2D eigenvalue weighted by Crippen LogP contribution is 2.32. The van der Waals surface area contributed by atoms with Crippen LogP contribution in [0.4, 0.5) is 5.95 Å². The van der Waals surface area contributed by atoms with Crippen LogP contribution in [0.1, 0.15) is 0 Å². The van der Waals surface area contributed by atoms with Gasteiger partial charge in [-0.05, 0) is 24.3 Å². The average Bonchev–Trinajstić information content (AvgIpc) is 2.72. The Morgan fingerprint density at radius 3 is 2.65 bits per heavy atom. The van der Waals surface area contributed by atoms with Crippen molar-refractivity contribution in [1.29, 1.82) is 0 Å². The summed E-state index contributed by atoms with van der Waals surface area (Å²) in [5.41, 5.74) is 7.58. The van der Waals surface area contributed by atoms with Crippen molar-refractivity contribution in [2.75, 3.05) is 5.73 Å². The van der Waals surface area contributed by atoms with Crippen molar-refractivity contribution in [3.05, 3.63) is 48.5 Å². The lowest BCUT2D eigenvalue weighted by Crippen LogP contribution is -1.84. The molecule has 0 unspecified atom stereocenters. The maximum atomic E-state index is 5.68. The minimum Gasteiger partial charge on any atom is -0.369 e. The van der Waals surface area contributed by atoms with Gasteiger partial charge in [-0.3, -0.25) is 0 Å². The van der Waals surface area contributed by atoms with E-state index in [2.05, 4.69) is 28.2 Å². The number of benzene rings is 2. The zero-order chi connectivity index (χ0) is 11.7. The molecule has 3 rings (SSSR count). The maximum Gasteiger partial charge on any atom is 0.198 e. The van der Waals surface area contributed by atoms with Gasteiger partial charge >= 0.3 is 0 Å². The smallest absolute Gasteiger partial charge is 0.198 e. The van der Waals surface area contributed by atoms with Crippen LogP contribution in [0.2, 0.25) is 0 Å². The molecule has 0 bridgehead atoms. The molecule has 0 saturated heterocycles. The summed E-state index contributed by atoms with van der Waals surface area (Å²) in [5, 5.41) is 0. The van der Waals surface area contributed by atoms with E-state index in [0.29, 0.717) is 5.95 Å². The molecule has 3 N–H and O–H groups in total. The monoisotopic (exact) mass is 241 g/mol. The number of aromatic nitrogens is 2. The molecular formula is C13H11N3S. The van der Waals surface area contributed by atoms with Gasteiger partial charge in [0.2, 0.25) is 0 Å². The summed E-state index contributed by atoms with van der Waals surface area (Å²) in [6.45, 7) is 0. The van der Waals surface area contributed by atoms with Gasteiger partial charge in [-0.2, -0.15) is 0 Å². The lowest BCUT2D eigenvalue weighted by molar-refractivity contribution is 1.34. The molecule has 0 fully saturated rings. The predicted octanol–water partition coefficient (Wildman–Crippen LogP) is 3.30. The fourth-order valence-electron chi connectivity index (χ4n) is 1.72. The molecule has 2 aromatic carbocycles. The van der Waals surface area contributed by atoms with Gasteiger partial charge in [0.1, 0.15) is 5.52 Å². The molecular weight excluding hydrogens is 230 g/mol. The van der Waals surface area contributed by atoms with Crippen molar-refractivity contribution in [1.82, 2.24) is 9.97 Å². The summed E-state index contributed by atoms with van der Waals surface area (Å²) in [7, 11) is 0. The molecule has 17 heavy (non-hydrogen) atoms. The van der Waals surface area contributed by atoms with Gasteiger partial charge in [-0.25, -0.2) is 4.98 Å². The normalized spacial score (nSPS) is 10.8. The fraction of sp³-hybridized carbons (Fsp3) is 0. The Hall–Kier alpha value is -1.94. The Labute approximate surface area is 103 Å². The highest BCUT2D eigenvalue weighted by atomic mass is 32.2. The summed E-state index contributed by atoms with van der Waals surface area (Å²) in [5.74, 6) is 0.459. The van der Waals surface area contributed by atoms with Crippen LogP contribution in [-0.4, -0.2) is 9.97 Å². The maximum absolute atomic E-state index is 5.68. The van der Waals surface area contributed by atoms with Crippen molar-refractivity contribution in [3.8, 4) is 0 Å². The molecule has 1 heterocycles. The molecule has 0 amide bonds. The van der Waals surface area contributed by atoms with Gasteiger partial charge < -0.3 is 10.7 Å². The van der Waals surface area contributed by atoms with E-state index in [1.54, 1.807) is 11.8 Å². The topological polar surface area (TPSA) is 54.7 Å². The largest absolute Gasteiger partial charge is 0.369 e. The van der Waals surface area contributed by atoms with Crippen molar-refractivity contribution >= 4 is 28.7 Å². The number of hydrogen-bond acceptors (Lipinski definition) is 3. The molecule has 0 aliphatic rings. The first-order valence-corrected chi connectivity index (χ1v) is 6.12. The molecule has 84 valence electrons. The summed E-state index contributed by atoms with van der Waals surface area (Å²) >= 11 is 1.69. The number of nitrogens with one attached hydrogen (secondary N) is 1. The average molecular weight is 241 g/mol. The Morgan fingerprint density at radius 2 is 1.82 bits per heavy atom. The quantitative estimate of drug-likeness (QED) is 0.723. The van der Waals surface area contributed by atoms with E-state index in [1.807, 2.05) is 30.3 Å². The van der Waals surface area contributed by atoms with Gasteiger partial charge in [0, 0.05) is 9.79 Å². The van der Waals surface area contributed by atoms with E-state index >= 15 is 0 Å². The first-order valence-electron chi connectivity index (χ1n) is 5.30. The van der Waals surface area contributed by atoms with Crippen LogP contribution in [-0.2, 0) is 0 Å². The second-order valence-corrected chi connectivity index (χ2v) is 4.80. The standard InChI is InChI=1S/C13H11N3S/c14-13-15-10-7-4-8-11(12(10)16-13)17-9-5-2-1-3-6-9/h1-8H,(H3,14,15,16). The molecule has 0 aliphatic carbocycles. The summed E-state index contributed by atoms with van der Waals surface area (Å²) in [6, 6.07) is 16.3. The van der Waals surface area contributed by atoms with Crippen LogP contribution < -0.4 is 5.73 Å². The van der Waals surface area contributed by atoms with E-state index in [1.165, 1.54) is 4.90 Å². The zero-order valence-electron chi connectivity index (χ0n) is 9.05. The third kappa shape index (κ3) is 1.99. The number of H-pyrrole nitrogens is 1.